The number of alkyl halides is 3. The lowest BCUT2D eigenvalue weighted by molar-refractivity contribution is -0.274. The number of piperazine rings is 1. The number of likely N-dealkylation sites (N-methyl/N-ethyl adjacent to an activating group) is 1. The van der Waals surface area contributed by atoms with Gasteiger partial charge in [-0.1, -0.05) is 6.58 Å². The second-order valence-electron chi connectivity index (χ2n) is 10.9. The van der Waals surface area contributed by atoms with Crippen LogP contribution in [-0.2, 0) is 17.8 Å². The Hall–Kier alpha value is -4.12. The number of nitrogens with zero attached hydrogens (tertiary/aromatic N) is 7. The number of ether oxygens (including phenoxy) is 2. The lowest BCUT2D eigenvalue weighted by atomic mass is 10.0. The standard InChI is InChI=1S/C29H33F4N7O3/c1-3-26(41)40-14-13-39(16-20(40)8-10-34)27-22-9-12-38(24-15-19(30)6-7-25(24)43-29(31,32)33)17-23(22)35-28(36-27)42-18-21-5-4-11-37(21)2/h3,6-7,15,20-21H,1,4-5,8-9,11-14,16-18H2,2H3. The third-order valence-electron chi connectivity index (χ3n) is 8.15. The maximum absolute atomic E-state index is 14.2. The van der Waals surface area contributed by atoms with Gasteiger partial charge in [-0.15, -0.1) is 13.2 Å². The van der Waals surface area contributed by atoms with Crippen molar-refractivity contribution in [3.63, 3.8) is 0 Å². The molecule has 3 aliphatic rings. The van der Waals surface area contributed by atoms with Crippen molar-refractivity contribution in [1.82, 2.24) is 19.8 Å². The van der Waals surface area contributed by atoms with Crippen LogP contribution in [0.5, 0.6) is 11.8 Å². The van der Waals surface area contributed by atoms with Gasteiger partial charge in [0, 0.05) is 43.9 Å². The molecule has 2 atom stereocenters. The van der Waals surface area contributed by atoms with Gasteiger partial charge in [0.05, 0.1) is 36.5 Å². The van der Waals surface area contributed by atoms with Gasteiger partial charge in [0.1, 0.15) is 18.2 Å². The van der Waals surface area contributed by atoms with Gasteiger partial charge in [-0.25, -0.2) is 4.39 Å². The zero-order chi connectivity index (χ0) is 30.7. The first-order chi connectivity index (χ1) is 20.6. The predicted molar refractivity (Wildman–Crippen MR) is 149 cm³/mol. The van der Waals surface area contributed by atoms with Crippen molar-refractivity contribution < 1.29 is 31.8 Å². The number of carbonyl (C=O) groups excluding carboxylic acids is 1. The zero-order valence-electron chi connectivity index (χ0n) is 23.8. The van der Waals surface area contributed by atoms with E-state index in [0.29, 0.717) is 44.2 Å². The molecule has 230 valence electrons. The van der Waals surface area contributed by atoms with E-state index in [9.17, 15) is 27.6 Å². The summed E-state index contributed by atoms with van der Waals surface area (Å²) in [5.74, 6) is -0.857. The highest BCUT2D eigenvalue weighted by molar-refractivity contribution is 5.87. The van der Waals surface area contributed by atoms with E-state index in [0.717, 1.165) is 43.1 Å². The van der Waals surface area contributed by atoms with Gasteiger partial charge in [0.15, 0.2) is 5.75 Å². The minimum Gasteiger partial charge on any atom is -0.462 e. The quantitative estimate of drug-likeness (QED) is 0.331. The van der Waals surface area contributed by atoms with Crippen molar-refractivity contribution in [1.29, 1.82) is 5.26 Å². The lowest BCUT2D eigenvalue weighted by Gasteiger charge is -2.42. The second kappa shape index (κ2) is 12.6. The van der Waals surface area contributed by atoms with E-state index in [1.54, 1.807) is 9.80 Å². The summed E-state index contributed by atoms with van der Waals surface area (Å²) in [4.78, 5) is 29.3. The molecule has 10 nitrogen and oxygen atoms in total. The number of fused-ring (bicyclic) bond motifs is 1. The third-order valence-corrected chi connectivity index (χ3v) is 8.15. The molecule has 2 unspecified atom stereocenters. The Bertz CT molecular complexity index is 1400. The normalized spacial score (nSPS) is 20.9. The van der Waals surface area contributed by atoms with E-state index in [1.807, 2.05) is 11.9 Å². The Morgan fingerprint density at radius 1 is 1.19 bits per heavy atom. The van der Waals surface area contributed by atoms with E-state index >= 15 is 0 Å². The molecule has 3 aliphatic heterocycles. The van der Waals surface area contributed by atoms with E-state index < -0.39 is 17.9 Å². The number of hydrogen-bond donors (Lipinski definition) is 0. The molecule has 0 saturated carbocycles. The molecule has 1 aromatic heterocycles. The van der Waals surface area contributed by atoms with Crippen LogP contribution in [0.15, 0.2) is 30.9 Å². The predicted octanol–water partition coefficient (Wildman–Crippen LogP) is 3.67. The second-order valence-corrected chi connectivity index (χ2v) is 10.9. The van der Waals surface area contributed by atoms with Crippen molar-refractivity contribution >= 4 is 17.4 Å². The number of carbonyl (C=O) groups is 1. The maximum atomic E-state index is 14.2. The highest BCUT2D eigenvalue weighted by atomic mass is 19.4. The van der Waals surface area contributed by atoms with Crippen LogP contribution in [0.2, 0.25) is 0 Å². The molecule has 0 aliphatic carbocycles. The summed E-state index contributed by atoms with van der Waals surface area (Å²) in [7, 11) is 2.02. The molecule has 2 fully saturated rings. The minimum absolute atomic E-state index is 0.0381. The Kier molecular flexibility index (Phi) is 8.91. The van der Waals surface area contributed by atoms with Crippen molar-refractivity contribution in [2.45, 2.75) is 50.7 Å². The SMILES string of the molecule is C=CC(=O)N1CCN(c2nc(OCC3CCCN3C)nc3c2CCN(c2cc(F)ccc2OC(F)(F)F)C3)CC1CC#N. The number of amides is 1. The number of hydrogen-bond acceptors (Lipinski definition) is 9. The summed E-state index contributed by atoms with van der Waals surface area (Å²) in [6, 6.07) is 4.99. The van der Waals surface area contributed by atoms with Crippen LogP contribution >= 0.6 is 0 Å². The number of likely N-dealkylation sites (tertiary alicyclic amines) is 1. The minimum atomic E-state index is -4.95. The summed E-state index contributed by atoms with van der Waals surface area (Å²) in [6.07, 6.45) is -1.21. The van der Waals surface area contributed by atoms with Crippen molar-refractivity contribution in [2.24, 2.45) is 0 Å². The molecule has 0 bridgehead atoms. The van der Waals surface area contributed by atoms with Gasteiger partial charge >= 0.3 is 12.4 Å². The summed E-state index contributed by atoms with van der Waals surface area (Å²) < 4.78 is 63.9. The van der Waals surface area contributed by atoms with E-state index in [1.165, 1.54) is 6.08 Å². The Morgan fingerprint density at radius 2 is 2.00 bits per heavy atom. The average molecular weight is 604 g/mol. The summed E-state index contributed by atoms with van der Waals surface area (Å²) in [5, 5.41) is 9.43. The fourth-order valence-electron chi connectivity index (χ4n) is 5.96. The topological polar surface area (TPSA) is 98.1 Å². The van der Waals surface area contributed by atoms with Crippen LogP contribution < -0.4 is 19.3 Å². The van der Waals surface area contributed by atoms with Crippen molar-refractivity contribution in [2.75, 3.05) is 56.2 Å². The van der Waals surface area contributed by atoms with Gasteiger partial charge in [-0.3, -0.25) is 4.79 Å². The largest absolute Gasteiger partial charge is 0.573 e. The highest BCUT2D eigenvalue weighted by Crippen LogP contribution is 2.38. The zero-order valence-corrected chi connectivity index (χ0v) is 23.8. The summed E-state index contributed by atoms with van der Waals surface area (Å²) in [5.41, 5.74) is 1.29. The first-order valence-corrected chi connectivity index (χ1v) is 14.1. The molecule has 0 radical (unpaired) electrons. The Morgan fingerprint density at radius 3 is 2.70 bits per heavy atom. The molecule has 5 rings (SSSR count). The lowest BCUT2D eigenvalue weighted by Crippen LogP contribution is -2.55. The van der Waals surface area contributed by atoms with Crippen LogP contribution in [-0.4, -0.2) is 90.5 Å². The van der Waals surface area contributed by atoms with Crippen molar-refractivity contribution in [3.05, 3.63) is 47.9 Å². The monoisotopic (exact) mass is 603 g/mol. The van der Waals surface area contributed by atoms with E-state index in [4.69, 9.17) is 9.72 Å². The van der Waals surface area contributed by atoms with Gasteiger partial charge in [-0.05, 0) is 51.1 Å². The Balaban J connectivity index is 1.47. The van der Waals surface area contributed by atoms with Crippen LogP contribution in [0.1, 0.15) is 30.5 Å². The molecular weight excluding hydrogens is 570 g/mol. The first-order valence-electron chi connectivity index (χ1n) is 14.1. The molecule has 14 heteroatoms. The fraction of sp³-hybridized carbons (Fsp3) is 0.517. The molecule has 43 heavy (non-hydrogen) atoms. The number of nitriles is 1. The van der Waals surface area contributed by atoms with E-state index in [-0.39, 0.29) is 49.2 Å². The van der Waals surface area contributed by atoms with Gasteiger partial charge in [0.25, 0.3) is 0 Å². The highest BCUT2D eigenvalue weighted by Gasteiger charge is 2.36. The first kappa shape index (κ1) is 30.3. The van der Waals surface area contributed by atoms with Crippen molar-refractivity contribution in [3.8, 4) is 17.8 Å². The molecule has 4 heterocycles. The molecule has 0 N–H and O–H groups in total. The van der Waals surface area contributed by atoms with Crippen LogP contribution in [0, 0.1) is 17.1 Å². The number of halogens is 4. The van der Waals surface area contributed by atoms with E-state index in [2.05, 4.69) is 27.3 Å². The van der Waals surface area contributed by atoms with Crippen LogP contribution in [0.4, 0.5) is 29.1 Å². The number of benzene rings is 1. The van der Waals surface area contributed by atoms with Gasteiger partial charge in [-0.2, -0.15) is 15.2 Å². The van der Waals surface area contributed by atoms with Crippen LogP contribution in [0.25, 0.3) is 0 Å². The Labute approximate surface area is 247 Å². The molecular formula is C29H33F4N7O3. The summed E-state index contributed by atoms with van der Waals surface area (Å²) in [6.45, 7) is 6.36. The average Bonchev–Trinajstić information content (AvgIpc) is 3.39. The van der Waals surface area contributed by atoms with Gasteiger partial charge < -0.3 is 29.1 Å². The van der Waals surface area contributed by atoms with Crippen LogP contribution in [0.3, 0.4) is 0 Å². The molecule has 1 amide bonds. The number of aromatic nitrogens is 2. The summed E-state index contributed by atoms with van der Waals surface area (Å²) >= 11 is 0. The van der Waals surface area contributed by atoms with Gasteiger partial charge in [0.2, 0.25) is 5.91 Å². The number of anilines is 2. The fourth-order valence-corrected chi connectivity index (χ4v) is 5.96. The molecule has 2 aromatic rings. The molecule has 0 spiro atoms. The smallest absolute Gasteiger partial charge is 0.462 e. The third kappa shape index (κ3) is 6.93. The molecule has 1 aromatic carbocycles. The number of rotatable bonds is 8. The molecule has 2 saturated heterocycles. The maximum Gasteiger partial charge on any atom is 0.573 e.